The number of nitrogens with one attached hydrogen (secondary N) is 3. The molecule has 2 fully saturated rings. The largest absolute Gasteiger partial charge is 0.385 e. The molecule has 7 heteroatoms. The lowest BCUT2D eigenvalue weighted by Crippen LogP contribution is -2.44. The summed E-state index contributed by atoms with van der Waals surface area (Å²) in [5, 5.41) is 9.88. The van der Waals surface area contributed by atoms with Crippen molar-refractivity contribution in [3.63, 3.8) is 0 Å². The molecule has 0 bridgehead atoms. The van der Waals surface area contributed by atoms with Gasteiger partial charge in [0.2, 0.25) is 5.91 Å². The van der Waals surface area contributed by atoms with E-state index < -0.39 is 0 Å². The fraction of sp³-hybridized carbons (Fsp3) is 0.895. The fourth-order valence-electron chi connectivity index (χ4n) is 3.77. The Balaban J connectivity index is 0.00000338. The fourth-order valence-corrected chi connectivity index (χ4v) is 3.77. The first-order valence-electron chi connectivity index (χ1n) is 9.90. The Morgan fingerprint density at radius 3 is 2.38 bits per heavy atom. The van der Waals surface area contributed by atoms with Crippen molar-refractivity contribution >= 4 is 35.8 Å². The zero-order chi connectivity index (χ0) is 18.0. The van der Waals surface area contributed by atoms with Gasteiger partial charge in [0, 0.05) is 46.3 Å². The predicted octanol–water partition coefficient (Wildman–Crippen LogP) is 2.67. The molecule has 3 N–H and O–H groups in total. The number of halogens is 1. The number of amides is 1. The number of hydrogen-bond acceptors (Lipinski definition) is 3. The summed E-state index contributed by atoms with van der Waals surface area (Å²) in [6, 6.07) is 0. The average molecular weight is 480 g/mol. The maximum absolute atomic E-state index is 11.8. The summed E-state index contributed by atoms with van der Waals surface area (Å²) >= 11 is 0. The molecule has 2 rings (SSSR count). The van der Waals surface area contributed by atoms with Crippen molar-refractivity contribution in [3.8, 4) is 0 Å². The SMILES string of the molecule is CN=C(NCCCNC(=O)C1CCC1)NCC1(CCOC)CCCC1.I. The maximum Gasteiger partial charge on any atom is 0.223 e. The molecule has 0 saturated heterocycles. The summed E-state index contributed by atoms with van der Waals surface area (Å²) in [7, 11) is 3.59. The molecule has 0 unspecified atom stereocenters. The number of aliphatic imine (C=N–C) groups is 1. The lowest BCUT2D eigenvalue weighted by molar-refractivity contribution is -0.127. The van der Waals surface area contributed by atoms with E-state index in [0.29, 0.717) is 5.41 Å². The Morgan fingerprint density at radius 2 is 1.81 bits per heavy atom. The molecule has 0 spiro atoms. The molecule has 0 aromatic heterocycles. The minimum Gasteiger partial charge on any atom is -0.385 e. The highest BCUT2D eigenvalue weighted by atomic mass is 127. The molecule has 152 valence electrons. The van der Waals surface area contributed by atoms with Crippen molar-refractivity contribution in [1.29, 1.82) is 0 Å². The van der Waals surface area contributed by atoms with Crippen molar-refractivity contribution in [2.75, 3.05) is 40.4 Å². The highest BCUT2D eigenvalue weighted by molar-refractivity contribution is 14.0. The third kappa shape index (κ3) is 7.58. The number of rotatable bonds is 10. The van der Waals surface area contributed by atoms with Crippen LogP contribution in [0.2, 0.25) is 0 Å². The molecule has 0 aliphatic heterocycles. The topological polar surface area (TPSA) is 74.8 Å². The monoisotopic (exact) mass is 480 g/mol. The minimum atomic E-state index is 0. The summed E-state index contributed by atoms with van der Waals surface area (Å²) in [5.74, 6) is 1.36. The molecule has 0 aromatic carbocycles. The summed E-state index contributed by atoms with van der Waals surface area (Å²) in [6.07, 6.45) is 10.5. The van der Waals surface area contributed by atoms with Crippen LogP contribution in [-0.2, 0) is 9.53 Å². The Bertz CT molecular complexity index is 435. The van der Waals surface area contributed by atoms with Crippen LogP contribution in [0.1, 0.15) is 57.8 Å². The summed E-state index contributed by atoms with van der Waals surface area (Å²) in [6.45, 7) is 3.33. The van der Waals surface area contributed by atoms with Gasteiger partial charge in [0.25, 0.3) is 0 Å². The van der Waals surface area contributed by atoms with Gasteiger partial charge in [0.15, 0.2) is 5.96 Å². The van der Waals surface area contributed by atoms with Gasteiger partial charge in [-0.05, 0) is 43.9 Å². The summed E-state index contributed by atoms with van der Waals surface area (Å²) in [4.78, 5) is 16.1. The minimum absolute atomic E-state index is 0. The second-order valence-corrected chi connectivity index (χ2v) is 7.57. The third-order valence-electron chi connectivity index (χ3n) is 5.78. The van der Waals surface area contributed by atoms with E-state index in [1.807, 2.05) is 7.05 Å². The zero-order valence-electron chi connectivity index (χ0n) is 16.4. The zero-order valence-corrected chi connectivity index (χ0v) is 18.8. The molecule has 6 nitrogen and oxygen atoms in total. The molecule has 26 heavy (non-hydrogen) atoms. The number of nitrogens with zero attached hydrogens (tertiary/aromatic N) is 1. The number of ether oxygens (including phenoxy) is 1. The first kappa shape index (κ1) is 23.5. The van der Waals surface area contributed by atoms with Crippen molar-refractivity contribution in [2.45, 2.75) is 57.8 Å². The normalized spacial score (nSPS) is 19.4. The first-order chi connectivity index (χ1) is 12.2. The lowest BCUT2D eigenvalue weighted by atomic mass is 9.83. The van der Waals surface area contributed by atoms with Gasteiger partial charge in [0.1, 0.15) is 0 Å². The van der Waals surface area contributed by atoms with Crippen LogP contribution in [0.15, 0.2) is 4.99 Å². The number of carbonyl (C=O) groups is 1. The van der Waals surface area contributed by atoms with Crippen molar-refractivity contribution < 1.29 is 9.53 Å². The van der Waals surface area contributed by atoms with E-state index in [1.54, 1.807) is 7.11 Å². The third-order valence-corrected chi connectivity index (χ3v) is 5.78. The van der Waals surface area contributed by atoms with Crippen LogP contribution in [0.3, 0.4) is 0 Å². The van der Waals surface area contributed by atoms with Crippen LogP contribution in [0, 0.1) is 11.3 Å². The number of carbonyl (C=O) groups excluding carboxylic acids is 1. The second kappa shape index (κ2) is 12.8. The molecule has 1 amide bonds. The van der Waals surface area contributed by atoms with Gasteiger partial charge >= 0.3 is 0 Å². The van der Waals surface area contributed by atoms with Gasteiger partial charge < -0.3 is 20.7 Å². The van der Waals surface area contributed by atoms with Gasteiger partial charge in [0.05, 0.1) is 0 Å². The molecule has 0 aromatic rings. The lowest BCUT2D eigenvalue weighted by Gasteiger charge is -2.30. The molecular formula is C19H37IN4O2. The van der Waals surface area contributed by atoms with Crippen LogP contribution in [0.25, 0.3) is 0 Å². The standard InChI is InChI=1S/C19H36N4O2.HI/c1-20-18(22-13-6-12-21-17(24)16-7-5-8-16)23-15-19(11-14-25-2)9-3-4-10-19;/h16H,3-15H2,1-2H3,(H,21,24)(H2,20,22,23);1H. The highest BCUT2D eigenvalue weighted by Gasteiger charge is 2.33. The van der Waals surface area contributed by atoms with Crippen molar-refractivity contribution in [3.05, 3.63) is 0 Å². The van der Waals surface area contributed by atoms with Crippen LogP contribution < -0.4 is 16.0 Å². The van der Waals surface area contributed by atoms with E-state index in [0.717, 1.165) is 57.9 Å². The predicted molar refractivity (Wildman–Crippen MR) is 117 cm³/mol. The van der Waals surface area contributed by atoms with Crippen LogP contribution in [0.4, 0.5) is 0 Å². The molecule has 0 atom stereocenters. The Hall–Kier alpha value is -0.570. The quantitative estimate of drug-likeness (QED) is 0.195. The van der Waals surface area contributed by atoms with Gasteiger partial charge in [-0.1, -0.05) is 19.3 Å². The first-order valence-corrected chi connectivity index (χ1v) is 9.90. The smallest absolute Gasteiger partial charge is 0.223 e. The molecule has 2 aliphatic rings. The molecule has 2 saturated carbocycles. The van der Waals surface area contributed by atoms with Crippen LogP contribution in [-0.4, -0.2) is 52.3 Å². The Labute approximate surface area is 175 Å². The van der Waals surface area contributed by atoms with Gasteiger partial charge in [-0.25, -0.2) is 0 Å². The Morgan fingerprint density at radius 1 is 1.12 bits per heavy atom. The van der Waals surface area contributed by atoms with Gasteiger partial charge in [-0.15, -0.1) is 24.0 Å². The molecule has 0 radical (unpaired) electrons. The van der Waals surface area contributed by atoms with Gasteiger partial charge in [-0.3, -0.25) is 9.79 Å². The van der Waals surface area contributed by atoms with E-state index in [4.69, 9.17) is 4.74 Å². The maximum atomic E-state index is 11.8. The number of hydrogen-bond donors (Lipinski definition) is 3. The van der Waals surface area contributed by atoms with Crippen molar-refractivity contribution in [2.24, 2.45) is 16.3 Å². The van der Waals surface area contributed by atoms with Gasteiger partial charge in [-0.2, -0.15) is 0 Å². The highest BCUT2D eigenvalue weighted by Crippen LogP contribution is 2.40. The summed E-state index contributed by atoms with van der Waals surface area (Å²) in [5.41, 5.74) is 0.352. The van der Waals surface area contributed by atoms with Crippen LogP contribution in [0.5, 0.6) is 0 Å². The molecular weight excluding hydrogens is 443 g/mol. The molecule has 0 heterocycles. The van der Waals surface area contributed by atoms with E-state index in [-0.39, 0.29) is 35.8 Å². The van der Waals surface area contributed by atoms with Crippen LogP contribution >= 0.6 is 24.0 Å². The Kier molecular flexibility index (Phi) is 11.5. The molecule has 2 aliphatic carbocycles. The van der Waals surface area contributed by atoms with E-state index in [2.05, 4.69) is 20.9 Å². The number of guanidine groups is 1. The number of methoxy groups -OCH3 is 1. The van der Waals surface area contributed by atoms with Crippen molar-refractivity contribution in [1.82, 2.24) is 16.0 Å². The van der Waals surface area contributed by atoms with E-state index >= 15 is 0 Å². The average Bonchev–Trinajstić information content (AvgIpc) is 3.03. The summed E-state index contributed by atoms with van der Waals surface area (Å²) < 4.78 is 5.29. The second-order valence-electron chi connectivity index (χ2n) is 7.57. The van der Waals surface area contributed by atoms with E-state index in [1.165, 1.54) is 32.1 Å². The van der Waals surface area contributed by atoms with E-state index in [9.17, 15) is 4.79 Å².